The fourth-order valence-electron chi connectivity index (χ4n) is 4.15. The van der Waals surface area contributed by atoms with Crippen LogP contribution in [0.5, 0.6) is 0 Å². The standard InChI is InChI=1S/C25H28F2N2O5/c1-2-15(11-23(30)29-21(24(31)32)12-22(26)27)13-28-25(33)34-14-20-18-9-5-3-7-16(18)17-8-4-6-10-19(17)20/h3-10,15,20-22H,2,11-14H2,1H3,(H,28,33)(H,29,30)(H,31,32). The first kappa shape index (κ1) is 25.1. The maximum atomic E-state index is 12.5. The van der Waals surface area contributed by atoms with Crippen LogP contribution in [0.3, 0.4) is 0 Å². The maximum Gasteiger partial charge on any atom is 0.407 e. The molecular weight excluding hydrogens is 446 g/mol. The van der Waals surface area contributed by atoms with Gasteiger partial charge in [0.15, 0.2) is 0 Å². The lowest BCUT2D eigenvalue weighted by Crippen LogP contribution is -2.43. The molecule has 7 nitrogen and oxygen atoms in total. The maximum absolute atomic E-state index is 12.5. The predicted molar refractivity (Wildman–Crippen MR) is 122 cm³/mol. The minimum Gasteiger partial charge on any atom is -0.480 e. The average molecular weight is 475 g/mol. The second-order valence-electron chi connectivity index (χ2n) is 8.27. The molecule has 2 aromatic rings. The Balaban J connectivity index is 1.50. The summed E-state index contributed by atoms with van der Waals surface area (Å²) in [5.41, 5.74) is 4.43. The molecule has 0 saturated carbocycles. The number of aliphatic carboxylic acids is 1. The quantitative estimate of drug-likeness (QED) is 0.454. The lowest BCUT2D eigenvalue weighted by Gasteiger charge is -2.19. The number of carboxylic acids is 1. The van der Waals surface area contributed by atoms with Gasteiger partial charge >= 0.3 is 12.1 Å². The normalized spacial score (nSPS) is 14.1. The second-order valence-corrected chi connectivity index (χ2v) is 8.27. The molecule has 34 heavy (non-hydrogen) atoms. The molecule has 3 rings (SSSR count). The number of alkyl halides is 2. The molecule has 9 heteroatoms. The van der Waals surface area contributed by atoms with Gasteiger partial charge in [0.25, 0.3) is 0 Å². The highest BCUT2D eigenvalue weighted by atomic mass is 19.3. The number of nitrogens with one attached hydrogen (secondary N) is 2. The molecule has 0 bridgehead atoms. The third-order valence-corrected chi connectivity index (χ3v) is 5.98. The summed E-state index contributed by atoms with van der Waals surface area (Å²) in [5, 5.41) is 13.7. The summed E-state index contributed by atoms with van der Waals surface area (Å²) in [6.07, 6.45) is -4.02. The lowest BCUT2D eigenvalue weighted by atomic mass is 9.98. The van der Waals surface area contributed by atoms with Gasteiger partial charge in [-0.1, -0.05) is 61.9 Å². The van der Waals surface area contributed by atoms with Gasteiger partial charge in [-0.25, -0.2) is 18.4 Å². The Morgan fingerprint density at radius 1 is 1.03 bits per heavy atom. The van der Waals surface area contributed by atoms with E-state index in [1.54, 1.807) is 0 Å². The van der Waals surface area contributed by atoms with E-state index in [1.165, 1.54) is 0 Å². The number of hydrogen-bond acceptors (Lipinski definition) is 4. The zero-order valence-corrected chi connectivity index (χ0v) is 18.8. The van der Waals surface area contributed by atoms with Gasteiger partial charge in [0, 0.05) is 25.3 Å². The number of fused-ring (bicyclic) bond motifs is 3. The van der Waals surface area contributed by atoms with Crippen LogP contribution in [-0.2, 0) is 14.3 Å². The first-order valence-corrected chi connectivity index (χ1v) is 11.2. The molecule has 2 aromatic carbocycles. The number of carbonyl (C=O) groups excluding carboxylic acids is 2. The van der Waals surface area contributed by atoms with Crippen molar-refractivity contribution in [2.24, 2.45) is 5.92 Å². The minimum atomic E-state index is -2.85. The lowest BCUT2D eigenvalue weighted by molar-refractivity contribution is -0.143. The molecule has 3 N–H and O–H groups in total. The van der Waals surface area contributed by atoms with Crippen molar-refractivity contribution in [1.82, 2.24) is 10.6 Å². The number of benzene rings is 2. The molecule has 0 aromatic heterocycles. The van der Waals surface area contributed by atoms with Crippen LogP contribution < -0.4 is 10.6 Å². The summed E-state index contributed by atoms with van der Waals surface area (Å²) in [5.74, 6) is -2.55. The van der Waals surface area contributed by atoms with Crippen LogP contribution in [0, 0.1) is 5.92 Å². The third-order valence-electron chi connectivity index (χ3n) is 5.98. The van der Waals surface area contributed by atoms with E-state index < -0.39 is 36.9 Å². The molecule has 1 aliphatic carbocycles. The second kappa shape index (κ2) is 11.6. The number of rotatable bonds is 11. The first-order chi connectivity index (χ1) is 16.3. The summed E-state index contributed by atoms with van der Waals surface area (Å²) in [6, 6.07) is 14.3. The third kappa shape index (κ3) is 6.30. The number of amides is 2. The Labute approximate surface area is 196 Å². The number of hydrogen-bond donors (Lipinski definition) is 3. The smallest absolute Gasteiger partial charge is 0.407 e. The summed E-state index contributed by atoms with van der Waals surface area (Å²) in [6.45, 7) is 2.10. The molecule has 0 spiro atoms. The Bertz CT molecular complexity index is 984. The van der Waals surface area contributed by atoms with Crippen molar-refractivity contribution in [2.75, 3.05) is 13.2 Å². The van der Waals surface area contributed by atoms with Gasteiger partial charge in [-0.15, -0.1) is 0 Å². The molecule has 2 unspecified atom stereocenters. The van der Waals surface area contributed by atoms with E-state index in [0.29, 0.717) is 6.42 Å². The van der Waals surface area contributed by atoms with Crippen LogP contribution in [0.1, 0.15) is 43.2 Å². The van der Waals surface area contributed by atoms with E-state index in [0.717, 1.165) is 22.3 Å². The van der Waals surface area contributed by atoms with Crippen molar-refractivity contribution in [3.63, 3.8) is 0 Å². The number of halogens is 2. The Morgan fingerprint density at radius 3 is 2.15 bits per heavy atom. The molecule has 2 amide bonds. The van der Waals surface area contributed by atoms with Crippen LogP contribution in [0.15, 0.2) is 48.5 Å². The van der Waals surface area contributed by atoms with E-state index in [4.69, 9.17) is 9.84 Å². The van der Waals surface area contributed by atoms with Crippen molar-refractivity contribution in [1.29, 1.82) is 0 Å². The van der Waals surface area contributed by atoms with Gasteiger partial charge in [0.1, 0.15) is 12.6 Å². The highest BCUT2D eigenvalue weighted by Crippen LogP contribution is 2.44. The molecule has 182 valence electrons. The Kier molecular flexibility index (Phi) is 8.56. The molecule has 2 atom stereocenters. The van der Waals surface area contributed by atoms with Crippen LogP contribution >= 0.6 is 0 Å². The van der Waals surface area contributed by atoms with E-state index in [1.807, 2.05) is 55.5 Å². The number of carbonyl (C=O) groups is 3. The zero-order valence-electron chi connectivity index (χ0n) is 18.8. The van der Waals surface area contributed by atoms with Gasteiger partial charge in [0.2, 0.25) is 12.3 Å². The SMILES string of the molecule is CCC(CNC(=O)OCC1c2ccccc2-c2ccccc21)CC(=O)NC(CC(F)F)C(=O)O. The predicted octanol–water partition coefficient (Wildman–Crippen LogP) is 4.17. The largest absolute Gasteiger partial charge is 0.480 e. The van der Waals surface area contributed by atoms with E-state index in [9.17, 15) is 23.2 Å². The minimum absolute atomic E-state index is 0.0753. The fourth-order valence-corrected chi connectivity index (χ4v) is 4.15. The van der Waals surface area contributed by atoms with Crippen molar-refractivity contribution < 1.29 is 33.0 Å². The molecule has 0 radical (unpaired) electrons. The summed E-state index contributed by atoms with van der Waals surface area (Å²) in [4.78, 5) is 35.5. The zero-order chi connectivity index (χ0) is 24.7. The molecule has 0 fully saturated rings. The summed E-state index contributed by atoms with van der Waals surface area (Å²) in [7, 11) is 0. The van der Waals surface area contributed by atoms with Crippen molar-refractivity contribution in [3.8, 4) is 11.1 Å². The Morgan fingerprint density at radius 2 is 1.62 bits per heavy atom. The van der Waals surface area contributed by atoms with Crippen LogP contribution in [0.25, 0.3) is 11.1 Å². The highest BCUT2D eigenvalue weighted by Gasteiger charge is 2.29. The topological polar surface area (TPSA) is 105 Å². The average Bonchev–Trinajstić information content (AvgIpc) is 3.13. The van der Waals surface area contributed by atoms with Crippen LogP contribution in [0.4, 0.5) is 13.6 Å². The van der Waals surface area contributed by atoms with Crippen molar-refractivity contribution >= 4 is 18.0 Å². The Hall–Kier alpha value is -3.49. The fraction of sp³-hybridized carbons (Fsp3) is 0.400. The number of carboxylic acid groups (broad SMARTS) is 1. The van der Waals surface area contributed by atoms with E-state index in [2.05, 4.69) is 10.6 Å². The highest BCUT2D eigenvalue weighted by molar-refractivity contribution is 5.83. The van der Waals surface area contributed by atoms with Gasteiger partial charge in [-0.05, 0) is 28.2 Å². The molecule has 0 aliphatic heterocycles. The number of ether oxygens (including phenoxy) is 1. The summed E-state index contributed by atoms with van der Waals surface area (Å²) >= 11 is 0. The van der Waals surface area contributed by atoms with E-state index in [-0.39, 0.29) is 31.4 Å². The number of alkyl carbamates (subject to hydrolysis) is 1. The monoisotopic (exact) mass is 474 g/mol. The first-order valence-electron chi connectivity index (χ1n) is 11.2. The molecular formula is C25H28F2N2O5. The molecule has 0 saturated heterocycles. The van der Waals surface area contributed by atoms with E-state index >= 15 is 0 Å². The van der Waals surface area contributed by atoms with Gasteiger partial charge in [-0.2, -0.15) is 0 Å². The summed E-state index contributed by atoms with van der Waals surface area (Å²) < 4.78 is 30.5. The van der Waals surface area contributed by atoms with Gasteiger partial charge < -0.3 is 20.5 Å². The molecule has 0 heterocycles. The molecule has 1 aliphatic rings. The van der Waals surface area contributed by atoms with Crippen LogP contribution in [-0.4, -0.2) is 48.7 Å². The van der Waals surface area contributed by atoms with Crippen molar-refractivity contribution in [3.05, 3.63) is 59.7 Å². The van der Waals surface area contributed by atoms with Crippen LogP contribution in [0.2, 0.25) is 0 Å². The van der Waals surface area contributed by atoms with Crippen molar-refractivity contribution in [2.45, 2.75) is 44.6 Å². The van der Waals surface area contributed by atoms with Gasteiger partial charge in [-0.3, -0.25) is 4.79 Å². The van der Waals surface area contributed by atoms with Gasteiger partial charge in [0.05, 0.1) is 0 Å².